The molecule has 0 amide bonds. The van der Waals surface area contributed by atoms with Crippen LogP contribution < -0.4 is 10.6 Å². The van der Waals surface area contributed by atoms with Gasteiger partial charge in [-0.05, 0) is 77.2 Å². The Morgan fingerprint density at radius 2 is 2.00 bits per heavy atom. The average Bonchev–Trinajstić information content (AvgIpc) is 2.64. The van der Waals surface area contributed by atoms with Gasteiger partial charge in [0, 0.05) is 31.4 Å². The Bertz CT molecular complexity index is 779. The highest BCUT2D eigenvalue weighted by Gasteiger charge is 2.34. The molecule has 138 valence electrons. The van der Waals surface area contributed by atoms with Gasteiger partial charge in [-0.1, -0.05) is 12.1 Å². The predicted octanol–water partition coefficient (Wildman–Crippen LogP) is 4.33. The number of hydrogen-bond donors (Lipinski definition) is 2. The van der Waals surface area contributed by atoms with E-state index in [2.05, 4.69) is 31.5 Å². The van der Waals surface area contributed by atoms with Crippen molar-refractivity contribution >= 4 is 39.1 Å². The van der Waals surface area contributed by atoms with E-state index in [1.165, 1.54) is 12.1 Å². The first-order chi connectivity index (χ1) is 12.5. The molecule has 4 nitrogen and oxygen atoms in total. The minimum Gasteiger partial charge on any atom is -0.381 e. The van der Waals surface area contributed by atoms with E-state index in [1.807, 2.05) is 25.1 Å². The van der Waals surface area contributed by atoms with Crippen molar-refractivity contribution in [2.24, 2.45) is 0 Å². The van der Waals surface area contributed by atoms with Crippen molar-refractivity contribution in [3.8, 4) is 0 Å². The van der Waals surface area contributed by atoms with Gasteiger partial charge in [-0.3, -0.25) is 0 Å². The molecule has 26 heavy (non-hydrogen) atoms. The molecule has 0 saturated carbocycles. The number of aryl methyl sites for hydroxylation is 1. The molecule has 1 saturated heterocycles. The SMILES string of the molecule is Cc1cnc(NC(=S)NCC2(c3ccc(F)cc3)CCOCC2)c(Br)c1. The van der Waals surface area contributed by atoms with E-state index >= 15 is 0 Å². The molecule has 0 atom stereocenters. The number of anilines is 1. The van der Waals surface area contributed by atoms with Gasteiger partial charge in [0.15, 0.2) is 5.11 Å². The molecule has 0 unspecified atom stereocenters. The standard InChI is InChI=1S/C19H21BrFN3OS/c1-13-10-16(20)17(22-11-13)24-18(26)23-12-19(6-8-25-9-7-19)14-2-4-15(21)5-3-14/h2-5,10-11H,6-9,12H2,1H3,(H2,22,23,24,26). The number of benzene rings is 1. The molecule has 1 aromatic carbocycles. The third-order valence-electron chi connectivity index (χ3n) is 4.70. The van der Waals surface area contributed by atoms with Crippen LogP contribution in [-0.2, 0) is 10.2 Å². The number of aromatic nitrogens is 1. The lowest BCUT2D eigenvalue weighted by Gasteiger charge is -2.38. The summed E-state index contributed by atoms with van der Waals surface area (Å²) in [6.07, 6.45) is 3.51. The summed E-state index contributed by atoms with van der Waals surface area (Å²) in [4.78, 5) is 4.35. The van der Waals surface area contributed by atoms with E-state index < -0.39 is 0 Å². The van der Waals surface area contributed by atoms with Crippen LogP contribution >= 0.6 is 28.1 Å². The highest BCUT2D eigenvalue weighted by atomic mass is 79.9. The third-order valence-corrected chi connectivity index (χ3v) is 5.55. The van der Waals surface area contributed by atoms with E-state index in [9.17, 15) is 4.39 Å². The molecule has 0 radical (unpaired) electrons. The van der Waals surface area contributed by atoms with Crippen molar-refractivity contribution in [2.75, 3.05) is 25.1 Å². The van der Waals surface area contributed by atoms with Gasteiger partial charge in [-0.2, -0.15) is 0 Å². The Morgan fingerprint density at radius 1 is 1.31 bits per heavy atom. The summed E-state index contributed by atoms with van der Waals surface area (Å²) in [5.41, 5.74) is 2.04. The normalized spacial score (nSPS) is 16.1. The minimum absolute atomic E-state index is 0.129. The fourth-order valence-corrected chi connectivity index (χ4v) is 3.89. The quantitative estimate of drug-likeness (QED) is 0.697. The van der Waals surface area contributed by atoms with Gasteiger partial charge in [-0.25, -0.2) is 9.37 Å². The predicted molar refractivity (Wildman–Crippen MR) is 109 cm³/mol. The van der Waals surface area contributed by atoms with Crippen molar-refractivity contribution in [2.45, 2.75) is 25.2 Å². The smallest absolute Gasteiger partial charge is 0.172 e. The first kappa shape index (κ1) is 19.2. The van der Waals surface area contributed by atoms with Crippen molar-refractivity contribution in [3.63, 3.8) is 0 Å². The van der Waals surface area contributed by atoms with Gasteiger partial charge >= 0.3 is 0 Å². The first-order valence-electron chi connectivity index (χ1n) is 8.49. The van der Waals surface area contributed by atoms with Gasteiger partial charge in [-0.15, -0.1) is 0 Å². The molecule has 7 heteroatoms. The number of halogens is 2. The number of ether oxygens (including phenoxy) is 1. The number of pyridine rings is 1. The summed E-state index contributed by atoms with van der Waals surface area (Å²) in [5.74, 6) is 0.451. The summed E-state index contributed by atoms with van der Waals surface area (Å²) in [6, 6.07) is 8.72. The fraction of sp³-hybridized carbons (Fsp3) is 0.368. The van der Waals surface area contributed by atoms with Crippen LogP contribution in [0.25, 0.3) is 0 Å². The van der Waals surface area contributed by atoms with E-state index in [0.29, 0.717) is 30.7 Å². The van der Waals surface area contributed by atoms with Gasteiger partial charge in [0.1, 0.15) is 11.6 Å². The van der Waals surface area contributed by atoms with Crippen molar-refractivity contribution < 1.29 is 9.13 Å². The van der Waals surface area contributed by atoms with Gasteiger partial charge in [0.05, 0.1) is 4.47 Å². The lowest BCUT2D eigenvalue weighted by molar-refractivity contribution is 0.0515. The number of thiocarbonyl (C=S) groups is 1. The second kappa shape index (κ2) is 8.41. The van der Waals surface area contributed by atoms with E-state index in [-0.39, 0.29) is 11.2 Å². The van der Waals surface area contributed by atoms with Crippen LogP contribution in [0.3, 0.4) is 0 Å². The van der Waals surface area contributed by atoms with Crippen molar-refractivity contribution in [1.29, 1.82) is 0 Å². The molecule has 1 aliphatic heterocycles. The second-order valence-corrected chi connectivity index (χ2v) is 7.81. The summed E-state index contributed by atoms with van der Waals surface area (Å²) in [6.45, 7) is 4.00. The molecule has 1 fully saturated rings. The fourth-order valence-electron chi connectivity index (χ4n) is 3.16. The summed E-state index contributed by atoms with van der Waals surface area (Å²) < 4.78 is 19.7. The highest BCUT2D eigenvalue weighted by Crippen LogP contribution is 2.34. The van der Waals surface area contributed by atoms with Gasteiger partial charge in [0.25, 0.3) is 0 Å². The second-order valence-electron chi connectivity index (χ2n) is 6.55. The molecule has 3 rings (SSSR count). The number of nitrogens with zero attached hydrogens (tertiary/aromatic N) is 1. The van der Waals surface area contributed by atoms with Gasteiger partial charge in [0.2, 0.25) is 0 Å². The summed E-state index contributed by atoms with van der Waals surface area (Å²) >= 11 is 8.94. The Labute approximate surface area is 166 Å². The Balaban J connectivity index is 1.69. The van der Waals surface area contributed by atoms with Gasteiger partial charge < -0.3 is 15.4 Å². The molecule has 0 spiro atoms. The Kier molecular flexibility index (Phi) is 6.21. The summed E-state index contributed by atoms with van der Waals surface area (Å²) in [5, 5.41) is 6.94. The topological polar surface area (TPSA) is 46.2 Å². The maximum atomic E-state index is 13.3. The zero-order chi connectivity index (χ0) is 18.6. The maximum Gasteiger partial charge on any atom is 0.172 e. The Hall–Kier alpha value is -1.57. The molecule has 0 aliphatic carbocycles. The molecule has 2 aromatic rings. The largest absolute Gasteiger partial charge is 0.381 e. The lowest BCUT2D eigenvalue weighted by Crippen LogP contribution is -2.45. The first-order valence-corrected chi connectivity index (χ1v) is 9.69. The van der Waals surface area contributed by atoms with Crippen molar-refractivity contribution in [3.05, 3.63) is 57.9 Å². The minimum atomic E-state index is -0.226. The van der Waals surface area contributed by atoms with E-state index in [1.54, 1.807) is 6.20 Å². The molecule has 1 aromatic heterocycles. The van der Waals surface area contributed by atoms with Crippen molar-refractivity contribution in [1.82, 2.24) is 10.3 Å². The molecule has 2 heterocycles. The monoisotopic (exact) mass is 437 g/mol. The molecular weight excluding hydrogens is 417 g/mol. The van der Waals surface area contributed by atoms with Crippen LogP contribution in [0.2, 0.25) is 0 Å². The van der Waals surface area contributed by atoms with E-state index in [0.717, 1.165) is 28.4 Å². The van der Waals surface area contributed by atoms with Crippen LogP contribution in [0.1, 0.15) is 24.0 Å². The third kappa shape index (κ3) is 4.58. The molecular formula is C19H21BrFN3OS. The maximum absolute atomic E-state index is 13.3. The van der Waals surface area contributed by atoms with Crippen LogP contribution in [0.15, 0.2) is 41.0 Å². The average molecular weight is 438 g/mol. The number of rotatable bonds is 4. The van der Waals surface area contributed by atoms with Crippen LogP contribution in [0, 0.1) is 12.7 Å². The number of hydrogen-bond acceptors (Lipinski definition) is 3. The number of nitrogens with one attached hydrogen (secondary N) is 2. The zero-order valence-electron chi connectivity index (χ0n) is 14.5. The van der Waals surface area contributed by atoms with Crippen LogP contribution in [0.4, 0.5) is 10.2 Å². The zero-order valence-corrected chi connectivity index (χ0v) is 16.9. The van der Waals surface area contributed by atoms with Crippen LogP contribution in [-0.4, -0.2) is 29.9 Å². The molecule has 0 bridgehead atoms. The molecule has 2 N–H and O–H groups in total. The molecule has 1 aliphatic rings. The highest BCUT2D eigenvalue weighted by molar-refractivity contribution is 9.10. The Morgan fingerprint density at radius 3 is 2.65 bits per heavy atom. The van der Waals surface area contributed by atoms with E-state index in [4.69, 9.17) is 17.0 Å². The lowest BCUT2D eigenvalue weighted by atomic mass is 9.74. The summed E-state index contributed by atoms with van der Waals surface area (Å²) in [7, 11) is 0. The van der Waals surface area contributed by atoms with Crippen LogP contribution in [0.5, 0.6) is 0 Å².